The molecule has 2 aliphatic heterocycles. The predicted molar refractivity (Wildman–Crippen MR) is 68.2 cm³/mol. The Bertz CT molecular complexity index is 543. The number of likely N-dealkylation sites (tertiary alicyclic amines) is 1. The number of rotatable bonds is 3. The van der Waals surface area contributed by atoms with Gasteiger partial charge < -0.3 is 15.3 Å². The van der Waals surface area contributed by atoms with Crippen LogP contribution in [-0.2, 0) is 4.79 Å². The molecular formula is C12H17N5O3. The molecule has 0 saturated carbocycles. The van der Waals surface area contributed by atoms with E-state index >= 15 is 0 Å². The lowest BCUT2D eigenvalue weighted by Crippen LogP contribution is -2.60. The Kier molecular flexibility index (Phi) is 2.97. The minimum atomic E-state index is -1.09. The van der Waals surface area contributed by atoms with Crippen LogP contribution < -0.4 is 5.32 Å². The Morgan fingerprint density at radius 1 is 1.50 bits per heavy atom. The van der Waals surface area contributed by atoms with Crippen molar-refractivity contribution in [1.29, 1.82) is 0 Å². The van der Waals surface area contributed by atoms with Crippen LogP contribution in [0.2, 0.25) is 0 Å². The summed E-state index contributed by atoms with van der Waals surface area (Å²) in [4.78, 5) is 24.9. The molecule has 1 unspecified atom stereocenters. The number of nitrogens with one attached hydrogen (secondary N) is 1. The third-order valence-corrected chi connectivity index (χ3v) is 4.09. The van der Waals surface area contributed by atoms with Gasteiger partial charge in [-0.15, -0.1) is 5.10 Å². The number of hydrogen-bond donors (Lipinski definition) is 2. The van der Waals surface area contributed by atoms with Crippen molar-refractivity contribution in [1.82, 2.24) is 25.2 Å². The zero-order chi connectivity index (χ0) is 14.3. The van der Waals surface area contributed by atoms with Crippen LogP contribution >= 0.6 is 0 Å². The average molecular weight is 279 g/mol. The fraction of sp³-hybridized carbons (Fsp3) is 0.667. The third kappa shape index (κ3) is 2.05. The Balaban J connectivity index is 1.60. The summed E-state index contributed by atoms with van der Waals surface area (Å²) in [5.41, 5.74) is -0.515. The van der Waals surface area contributed by atoms with Gasteiger partial charge >= 0.3 is 5.97 Å². The summed E-state index contributed by atoms with van der Waals surface area (Å²) >= 11 is 0. The Hall–Kier alpha value is -1.96. The van der Waals surface area contributed by atoms with Crippen LogP contribution in [0.1, 0.15) is 36.3 Å². The summed E-state index contributed by atoms with van der Waals surface area (Å²) in [5, 5.41) is 19.4. The minimum absolute atomic E-state index is 0.0181. The van der Waals surface area contributed by atoms with Crippen LogP contribution in [0.25, 0.3) is 0 Å². The second-order valence-electron chi connectivity index (χ2n) is 5.62. The maximum atomic E-state index is 12.4. The fourth-order valence-corrected chi connectivity index (χ4v) is 2.77. The largest absolute Gasteiger partial charge is 0.476 e. The van der Waals surface area contributed by atoms with Crippen molar-refractivity contribution in [2.24, 2.45) is 0 Å². The van der Waals surface area contributed by atoms with Gasteiger partial charge in [0, 0.05) is 13.1 Å². The van der Waals surface area contributed by atoms with Gasteiger partial charge in [-0.05, 0) is 26.3 Å². The molecule has 2 fully saturated rings. The summed E-state index contributed by atoms with van der Waals surface area (Å²) in [7, 11) is 0. The molecule has 2 saturated heterocycles. The second kappa shape index (κ2) is 4.55. The lowest BCUT2D eigenvalue weighted by atomic mass is 9.95. The molecule has 0 aromatic carbocycles. The molecule has 1 atom stereocenters. The number of carbonyl (C=O) groups excluding carboxylic acids is 1. The monoisotopic (exact) mass is 279 g/mol. The normalized spacial score (nSPS) is 26.6. The van der Waals surface area contributed by atoms with Gasteiger partial charge in [0.15, 0.2) is 5.69 Å². The topological polar surface area (TPSA) is 100 Å². The van der Waals surface area contributed by atoms with Crippen molar-refractivity contribution in [2.75, 3.05) is 19.6 Å². The van der Waals surface area contributed by atoms with Crippen molar-refractivity contribution < 1.29 is 14.7 Å². The van der Waals surface area contributed by atoms with Crippen LogP contribution in [0.5, 0.6) is 0 Å². The van der Waals surface area contributed by atoms with Crippen molar-refractivity contribution in [3.63, 3.8) is 0 Å². The summed E-state index contributed by atoms with van der Waals surface area (Å²) in [6.45, 7) is 3.93. The first-order valence-corrected chi connectivity index (χ1v) is 6.69. The maximum absolute atomic E-state index is 12.4. The molecule has 8 heteroatoms. The number of aromatic carboxylic acids is 1. The van der Waals surface area contributed by atoms with Crippen molar-refractivity contribution in [3.8, 4) is 0 Å². The molecule has 1 aromatic heterocycles. The zero-order valence-electron chi connectivity index (χ0n) is 11.2. The second-order valence-corrected chi connectivity index (χ2v) is 5.62. The van der Waals surface area contributed by atoms with Gasteiger partial charge in [-0.2, -0.15) is 0 Å². The molecule has 1 aromatic rings. The number of nitrogens with zero attached hydrogens (tertiary/aromatic N) is 4. The minimum Gasteiger partial charge on any atom is -0.476 e. The van der Waals surface area contributed by atoms with E-state index in [1.807, 2.05) is 6.92 Å². The highest BCUT2D eigenvalue weighted by Crippen LogP contribution is 2.27. The highest BCUT2D eigenvalue weighted by molar-refractivity contribution is 5.87. The van der Waals surface area contributed by atoms with Crippen molar-refractivity contribution in [3.05, 3.63) is 11.9 Å². The summed E-state index contributed by atoms with van der Waals surface area (Å²) in [5.74, 6) is -0.976. The summed E-state index contributed by atoms with van der Waals surface area (Å²) in [6, 6.07) is 0.0181. The fourth-order valence-electron chi connectivity index (χ4n) is 2.77. The van der Waals surface area contributed by atoms with E-state index in [2.05, 4.69) is 15.6 Å². The van der Waals surface area contributed by atoms with E-state index in [4.69, 9.17) is 5.11 Å². The molecular weight excluding hydrogens is 262 g/mol. The van der Waals surface area contributed by atoms with Crippen LogP contribution in [0, 0.1) is 0 Å². The van der Waals surface area contributed by atoms with Crippen molar-refractivity contribution >= 4 is 11.9 Å². The van der Waals surface area contributed by atoms with Crippen LogP contribution in [0.15, 0.2) is 6.20 Å². The van der Waals surface area contributed by atoms with Gasteiger partial charge in [0.05, 0.1) is 17.8 Å². The molecule has 0 aliphatic carbocycles. The lowest BCUT2D eigenvalue weighted by Gasteiger charge is -2.42. The van der Waals surface area contributed by atoms with E-state index in [1.165, 1.54) is 10.9 Å². The molecule has 0 spiro atoms. The predicted octanol–water partition coefficient (Wildman–Crippen LogP) is -0.498. The van der Waals surface area contributed by atoms with Gasteiger partial charge in [-0.25, -0.2) is 9.48 Å². The SMILES string of the molecule is CC1(C(=O)N2CC(n3cc(C(=O)O)nn3)C2)CCCN1. The van der Waals surface area contributed by atoms with Gasteiger partial charge in [0.2, 0.25) is 5.91 Å². The molecule has 108 valence electrons. The first-order chi connectivity index (χ1) is 9.49. The van der Waals surface area contributed by atoms with Gasteiger partial charge in [0.25, 0.3) is 0 Å². The quantitative estimate of drug-likeness (QED) is 0.774. The number of amides is 1. The summed E-state index contributed by atoms with van der Waals surface area (Å²) in [6.07, 6.45) is 3.29. The molecule has 3 heterocycles. The number of hydrogen-bond acceptors (Lipinski definition) is 5. The van der Waals surface area contributed by atoms with Crippen LogP contribution in [0.4, 0.5) is 0 Å². The van der Waals surface area contributed by atoms with E-state index < -0.39 is 11.5 Å². The van der Waals surface area contributed by atoms with Gasteiger partial charge in [-0.3, -0.25) is 4.79 Å². The van der Waals surface area contributed by atoms with E-state index in [9.17, 15) is 9.59 Å². The van der Waals surface area contributed by atoms with Gasteiger partial charge in [0.1, 0.15) is 0 Å². The number of carboxylic acid groups (broad SMARTS) is 1. The Morgan fingerprint density at radius 2 is 2.25 bits per heavy atom. The Morgan fingerprint density at radius 3 is 2.80 bits per heavy atom. The third-order valence-electron chi connectivity index (χ3n) is 4.09. The molecule has 8 nitrogen and oxygen atoms in total. The van der Waals surface area contributed by atoms with Crippen LogP contribution in [0.3, 0.4) is 0 Å². The van der Waals surface area contributed by atoms with Crippen molar-refractivity contribution in [2.45, 2.75) is 31.3 Å². The standard InChI is InChI=1S/C12H17N5O3/c1-12(3-2-4-13-12)11(20)16-5-8(6-16)17-7-9(10(18)19)14-15-17/h7-8,13H,2-6H2,1H3,(H,18,19). The molecule has 2 aliphatic rings. The van der Waals surface area contributed by atoms with Gasteiger partial charge in [-0.1, -0.05) is 5.21 Å². The molecule has 1 amide bonds. The summed E-state index contributed by atoms with van der Waals surface area (Å²) < 4.78 is 1.53. The molecule has 0 bridgehead atoms. The molecule has 3 rings (SSSR count). The van der Waals surface area contributed by atoms with E-state index in [-0.39, 0.29) is 17.6 Å². The first kappa shape index (κ1) is 13.0. The molecule has 20 heavy (non-hydrogen) atoms. The Labute approximate surface area is 115 Å². The molecule has 2 N–H and O–H groups in total. The molecule has 0 radical (unpaired) electrons. The number of carbonyl (C=O) groups is 2. The smallest absolute Gasteiger partial charge is 0.358 e. The lowest BCUT2D eigenvalue weighted by molar-refractivity contribution is -0.143. The number of carboxylic acids is 1. The maximum Gasteiger partial charge on any atom is 0.358 e. The van der Waals surface area contributed by atoms with E-state index in [0.717, 1.165) is 19.4 Å². The number of aromatic nitrogens is 3. The highest BCUT2D eigenvalue weighted by atomic mass is 16.4. The van der Waals surface area contributed by atoms with Crippen LogP contribution in [-0.4, -0.2) is 62.0 Å². The first-order valence-electron chi connectivity index (χ1n) is 6.69. The average Bonchev–Trinajstić information content (AvgIpc) is 2.97. The zero-order valence-corrected chi connectivity index (χ0v) is 11.2. The highest BCUT2D eigenvalue weighted by Gasteiger charge is 2.43. The van der Waals surface area contributed by atoms with E-state index in [1.54, 1.807) is 4.90 Å². The van der Waals surface area contributed by atoms with E-state index in [0.29, 0.717) is 13.1 Å².